The Morgan fingerprint density at radius 1 is 1.07 bits per heavy atom. The van der Waals surface area contributed by atoms with Gasteiger partial charge in [-0.1, -0.05) is 23.4 Å². The number of esters is 1. The number of rotatable bonds is 8. The van der Waals surface area contributed by atoms with Crippen LogP contribution in [0.4, 0.5) is 4.79 Å². The molecule has 30 heavy (non-hydrogen) atoms. The van der Waals surface area contributed by atoms with Gasteiger partial charge in [-0.25, -0.2) is 9.59 Å². The molecule has 0 aromatic heterocycles. The standard InChI is InChI=1S/C20H25N3O6S/c1-2-29-17(25)12-16-21(15(24)13-30-16)10-11-23-19(27)18(26)22(20(23)28)9-8-14-6-4-3-5-7-14/h6,12H,2-5,7-11,13H2,1H3/b16-12-. The number of urea groups is 1. The minimum Gasteiger partial charge on any atom is -0.463 e. The summed E-state index contributed by atoms with van der Waals surface area (Å²) in [5.74, 6) is -2.35. The molecular formula is C20H25N3O6S. The first-order chi connectivity index (χ1) is 14.4. The molecule has 2 saturated heterocycles. The van der Waals surface area contributed by atoms with Crippen molar-refractivity contribution in [1.82, 2.24) is 14.7 Å². The summed E-state index contributed by atoms with van der Waals surface area (Å²) in [6.45, 7) is 1.97. The highest BCUT2D eigenvalue weighted by Crippen LogP contribution is 2.29. The lowest BCUT2D eigenvalue weighted by atomic mass is 9.97. The average Bonchev–Trinajstić information content (AvgIpc) is 3.17. The Morgan fingerprint density at radius 3 is 2.43 bits per heavy atom. The van der Waals surface area contributed by atoms with Gasteiger partial charge in [-0.05, 0) is 39.0 Å². The maximum absolute atomic E-state index is 12.6. The number of hydrogen-bond donors (Lipinski definition) is 0. The van der Waals surface area contributed by atoms with Crippen molar-refractivity contribution in [3.05, 3.63) is 22.8 Å². The Hall–Kier alpha value is -2.62. The van der Waals surface area contributed by atoms with E-state index in [4.69, 9.17) is 4.74 Å². The van der Waals surface area contributed by atoms with Crippen molar-refractivity contribution >= 4 is 41.5 Å². The Labute approximate surface area is 179 Å². The Kier molecular flexibility index (Phi) is 7.30. The molecule has 2 aliphatic heterocycles. The molecule has 0 saturated carbocycles. The van der Waals surface area contributed by atoms with Crippen molar-refractivity contribution in [2.75, 3.05) is 32.0 Å². The summed E-state index contributed by atoms with van der Waals surface area (Å²) in [5, 5.41) is 0.407. The van der Waals surface area contributed by atoms with Gasteiger partial charge in [0.05, 0.1) is 23.5 Å². The quantitative estimate of drug-likeness (QED) is 0.188. The fourth-order valence-electron chi connectivity index (χ4n) is 3.59. The summed E-state index contributed by atoms with van der Waals surface area (Å²) in [6.07, 6.45) is 8.15. The zero-order valence-electron chi connectivity index (χ0n) is 16.9. The highest BCUT2D eigenvalue weighted by Gasteiger charge is 2.44. The van der Waals surface area contributed by atoms with Crippen LogP contribution in [0, 0.1) is 0 Å². The molecule has 0 unspecified atom stereocenters. The molecule has 5 amide bonds. The maximum atomic E-state index is 12.6. The molecule has 162 valence electrons. The van der Waals surface area contributed by atoms with Crippen molar-refractivity contribution < 1.29 is 28.7 Å². The molecule has 0 spiro atoms. The second kappa shape index (κ2) is 9.92. The Balaban J connectivity index is 1.60. The molecule has 2 fully saturated rings. The van der Waals surface area contributed by atoms with Gasteiger partial charge < -0.3 is 9.64 Å². The van der Waals surface area contributed by atoms with Crippen LogP contribution in [0.5, 0.6) is 0 Å². The van der Waals surface area contributed by atoms with Crippen LogP contribution >= 0.6 is 11.8 Å². The highest BCUT2D eigenvalue weighted by atomic mass is 32.2. The van der Waals surface area contributed by atoms with Crippen molar-refractivity contribution in [3.63, 3.8) is 0 Å². The number of allylic oxidation sites excluding steroid dienone is 1. The van der Waals surface area contributed by atoms with Gasteiger partial charge in [-0.2, -0.15) is 0 Å². The second-order valence-corrected chi connectivity index (χ2v) is 8.12. The summed E-state index contributed by atoms with van der Waals surface area (Å²) in [7, 11) is 0. The van der Waals surface area contributed by atoms with Crippen LogP contribution in [-0.4, -0.2) is 76.4 Å². The maximum Gasteiger partial charge on any atom is 0.334 e. The third-order valence-electron chi connectivity index (χ3n) is 5.16. The number of carbonyl (C=O) groups is 5. The molecule has 2 heterocycles. The Morgan fingerprint density at radius 2 is 1.77 bits per heavy atom. The first-order valence-corrected chi connectivity index (χ1v) is 11.1. The largest absolute Gasteiger partial charge is 0.463 e. The molecule has 0 radical (unpaired) electrons. The van der Waals surface area contributed by atoms with E-state index in [2.05, 4.69) is 6.08 Å². The lowest BCUT2D eigenvalue weighted by Gasteiger charge is -2.21. The summed E-state index contributed by atoms with van der Waals surface area (Å²) in [6, 6.07) is -0.656. The van der Waals surface area contributed by atoms with Crippen LogP contribution in [0.1, 0.15) is 39.0 Å². The molecule has 0 bridgehead atoms. The number of amides is 5. The zero-order valence-corrected chi connectivity index (χ0v) is 17.7. The van der Waals surface area contributed by atoms with E-state index >= 15 is 0 Å². The number of thioether (sulfide) groups is 1. The molecule has 0 aromatic rings. The summed E-state index contributed by atoms with van der Waals surface area (Å²) in [4.78, 5) is 64.2. The number of ether oxygens (including phenoxy) is 1. The van der Waals surface area contributed by atoms with Gasteiger partial charge in [0.25, 0.3) is 0 Å². The van der Waals surface area contributed by atoms with Crippen molar-refractivity contribution in [3.8, 4) is 0 Å². The summed E-state index contributed by atoms with van der Waals surface area (Å²) in [5.41, 5.74) is 1.21. The molecule has 9 nitrogen and oxygen atoms in total. The normalized spacial score (nSPS) is 21.2. The van der Waals surface area contributed by atoms with E-state index in [1.165, 1.54) is 28.3 Å². The van der Waals surface area contributed by atoms with Gasteiger partial charge in [0.15, 0.2) is 0 Å². The van der Waals surface area contributed by atoms with Crippen LogP contribution in [0.25, 0.3) is 0 Å². The van der Waals surface area contributed by atoms with E-state index in [-0.39, 0.29) is 37.9 Å². The van der Waals surface area contributed by atoms with E-state index < -0.39 is 23.8 Å². The van der Waals surface area contributed by atoms with Gasteiger partial charge in [0, 0.05) is 19.6 Å². The molecule has 3 rings (SSSR count). The van der Waals surface area contributed by atoms with E-state index in [1.54, 1.807) is 6.92 Å². The summed E-state index contributed by atoms with van der Waals surface area (Å²) < 4.78 is 4.86. The van der Waals surface area contributed by atoms with Gasteiger partial charge >= 0.3 is 23.8 Å². The molecular weight excluding hydrogens is 410 g/mol. The van der Waals surface area contributed by atoms with E-state index in [0.717, 1.165) is 35.5 Å². The smallest absolute Gasteiger partial charge is 0.334 e. The fraction of sp³-hybridized carbons (Fsp3) is 0.550. The molecule has 0 N–H and O–H groups in total. The number of nitrogens with zero attached hydrogens (tertiary/aromatic N) is 3. The van der Waals surface area contributed by atoms with Crippen LogP contribution in [0.2, 0.25) is 0 Å². The van der Waals surface area contributed by atoms with Gasteiger partial charge in [0.2, 0.25) is 5.91 Å². The lowest BCUT2D eigenvalue weighted by Crippen LogP contribution is -2.40. The minimum absolute atomic E-state index is 0.0147. The van der Waals surface area contributed by atoms with Crippen LogP contribution in [0.3, 0.4) is 0 Å². The third-order valence-corrected chi connectivity index (χ3v) is 6.19. The highest BCUT2D eigenvalue weighted by molar-refractivity contribution is 8.04. The zero-order chi connectivity index (χ0) is 21.7. The minimum atomic E-state index is -0.882. The van der Waals surface area contributed by atoms with Crippen molar-refractivity contribution in [2.24, 2.45) is 0 Å². The monoisotopic (exact) mass is 435 g/mol. The number of hydrogen-bond acceptors (Lipinski definition) is 7. The average molecular weight is 436 g/mol. The van der Waals surface area contributed by atoms with Crippen molar-refractivity contribution in [2.45, 2.75) is 39.0 Å². The first-order valence-electron chi connectivity index (χ1n) is 10.1. The molecule has 0 atom stereocenters. The SMILES string of the molecule is CCOC(=O)/C=C1\SCC(=O)N1CCN1C(=O)C(=O)N(CCC2=CCCCC2)C1=O. The lowest BCUT2D eigenvalue weighted by molar-refractivity contribution is -0.143. The summed E-state index contributed by atoms with van der Waals surface area (Å²) >= 11 is 1.19. The molecule has 3 aliphatic rings. The predicted molar refractivity (Wildman–Crippen MR) is 109 cm³/mol. The van der Waals surface area contributed by atoms with Crippen molar-refractivity contribution in [1.29, 1.82) is 0 Å². The molecule has 10 heteroatoms. The molecule has 0 aromatic carbocycles. The first kappa shape index (κ1) is 22.1. The van der Waals surface area contributed by atoms with E-state index in [1.807, 2.05) is 0 Å². The van der Waals surface area contributed by atoms with Crippen LogP contribution in [-0.2, 0) is 23.9 Å². The van der Waals surface area contributed by atoms with Gasteiger partial charge in [-0.15, -0.1) is 0 Å². The second-order valence-electron chi connectivity index (χ2n) is 7.12. The topological polar surface area (TPSA) is 104 Å². The van der Waals surface area contributed by atoms with Gasteiger partial charge in [-0.3, -0.25) is 24.2 Å². The van der Waals surface area contributed by atoms with Crippen LogP contribution < -0.4 is 0 Å². The van der Waals surface area contributed by atoms with E-state index in [9.17, 15) is 24.0 Å². The Bertz CT molecular complexity index is 821. The number of carbonyl (C=O) groups excluding carboxylic acids is 5. The van der Waals surface area contributed by atoms with Crippen LogP contribution in [0.15, 0.2) is 22.8 Å². The fourth-order valence-corrected chi connectivity index (χ4v) is 4.54. The third kappa shape index (κ3) is 4.92. The van der Waals surface area contributed by atoms with E-state index in [0.29, 0.717) is 11.4 Å². The molecule has 1 aliphatic carbocycles. The van der Waals surface area contributed by atoms with Gasteiger partial charge in [0.1, 0.15) is 0 Å². The predicted octanol–water partition coefficient (Wildman–Crippen LogP) is 1.65. The number of imide groups is 2.